The van der Waals surface area contributed by atoms with Crippen molar-refractivity contribution in [3.63, 3.8) is 0 Å². The fourth-order valence-corrected chi connectivity index (χ4v) is 1.14. The molecule has 2 rings (SSSR count). The summed E-state index contributed by atoms with van der Waals surface area (Å²) >= 11 is 0. The van der Waals surface area contributed by atoms with E-state index in [0.717, 1.165) is 16.8 Å². The molecule has 0 N–H and O–H groups in total. The van der Waals surface area contributed by atoms with Gasteiger partial charge in [0.05, 0.1) is 5.69 Å². The number of aryl methyl sites for hydroxylation is 1. The minimum atomic E-state index is 0.918. The second kappa shape index (κ2) is 2.81. The van der Waals surface area contributed by atoms with Crippen molar-refractivity contribution in [2.24, 2.45) is 0 Å². The molecule has 1 aromatic carbocycles. The van der Waals surface area contributed by atoms with Crippen LogP contribution in [0.5, 0.6) is 0 Å². The number of hydrogen-bond donors (Lipinski definition) is 0. The Hall–Kier alpha value is -1.57. The van der Waals surface area contributed by atoms with Gasteiger partial charge in [-0.1, -0.05) is 29.4 Å². The van der Waals surface area contributed by atoms with Crippen LogP contribution in [0.15, 0.2) is 35.1 Å². The zero-order valence-corrected chi connectivity index (χ0v) is 6.74. The first-order chi connectivity index (χ1) is 5.88. The highest BCUT2D eigenvalue weighted by molar-refractivity contribution is 5.63. The Kier molecular flexibility index (Phi) is 1.67. The topological polar surface area (TPSA) is 26.0 Å². The normalized spacial score (nSPS) is 10.1. The van der Waals surface area contributed by atoms with Crippen LogP contribution in [0.4, 0.5) is 0 Å². The van der Waals surface area contributed by atoms with Gasteiger partial charge in [-0.2, -0.15) is 0 Å². The van der Waals surface area contributed by atoms with E-state index in [1.807, 2.05) is 31.2 Å². The highest BCUT2D eigenvalue weighted by Gasteiger charge is 2.03. The van der Waals surface area contributed by atoms with Crippen LogP contribution in [0.25, 0.3) is 11.1 Å². The Labute approximate surface area is 70.8 Å². The molecule has 2 heteroatoms. The highest BCUT2D eigenvalue weighted by Crippen LogP contribution is 2.21. The summed E-state index contributed by atoms with van der Waals surface area (Å²) in [5.41, 5.74) is 3.08. The van der Waals surface area contributed by atoms with Crippen molar-refractivity contribution in [3.8, 4) is 11.1 Å². The zero-order valence-electron chi connectivity index (χ0n) is 6.74. The standard InChI is InChI=1S/C10H8NO/c1-8-10(7-12-11-8)9-5-3-2-4-6-9/h3-7H,1H3. The number of benzene rings is 1. The Morgan fingerprint density at radius 3 is 2.67 bits per heavy atom. The Bertz CT molecular complexity index is 364. The van der Waals surface area contributed by atoms with Crippen molar-refractivity contribution in [2.45, 2.75) is 6.92 Å². The first-order valence-electron chi connectivity index (χ1n) is 3.75. The van der Waals surface area contributed by atoms with Gasteiger partial charge in [-0.15, -0.1) is 0 Å². The van der Waals surface area contributed by atoms with Crippen LogP contribution in [-0.2, 0) is 0 Å². The number of rotatable bonds is 1. The van der Waals surface area contributed by atoms with Gasteiger partial charge >= 0.3 is 0 Å². The fourth-order valence-electron chi connectivity index (χ4n) is 1.14. The van der Waals surface area contributed by atoms with Gasteiger partial charge in [0, 0.05) is 5.56 Å². The van der Waals surface area contributed by atoms with Crippen LogP contribution in [0.2, 0.25) is 0 Å². The van der Waals surface area contributed by atoms with E-state index in [1.54, 1.807) is 6.26 Å². The van der Waals surface area contributed by atoms with Gasteiger partial charge in [0.2, 0.25) is 0 Å². The fraction of sp³-hybridized carbons (Fsp3) is 0.100. The summed E-state index contributed by atoms with van der Waals surface area (Å²) in [6.45, 7) is 1.93. The maximum Gasteiger partial charge on any atom is 0.131 e. The molecule has 0 amide bonds. The van der Waals surface area contributed by atoms with E-state index in [2.05, 4.69) is 11.2 Å². The lowest BCUT2D eigenvalue weighted by atomic mass is 10.1. The van der Waals surface area contributed by atoms with Crippen molar-refractivity contribution < 1.29 is 4.52 Å². The average Bonchev–Trinajstić information content (AvgIpc) is 2.53. The maximum atomic E-state index is 4.84. The minimum Gasteiger partial charge on any atom is -0.364 e. The molecule has 2 aromatic rings. The third-order valence-corrected chi connectivity index (χ3v) is 1.78. The van der Waals surface area contributed by atoms with E-state index in [-0.39, 0.29) is 0 Å². The van der Waals surface area contributed by atoms with E-state index < -0.39 is 0 Å². The first kappa shape index (κ1) is 7.10. The summed E-state index contributed by atoms with van der Waals surface area (Å²) < 4.78 is 4.84. The lowest BCUT2D eigenvalue weighted by molar-refractivity contribution is 0.415. The van der Waals surface area contributed by atoms with Crippen molar-refractivity contribution in [3.05, 3.63) is 42.3 Å². The summed E-state index contributed by atoms with van der Waals surface area (Å²) in [4.78, 5) is 0. The van der Waals surface area contributed by atoms with Crippen molar-refractivity contribution >= 4 is 0 Å². The van der Waals surface area contributed by atoms with Gasteiger partial charge in [0.25, 0.3) is 0 Å². The molecule has 1 radical (unpaired) electrons. The SMILES string of the molecule is Cc1nocc1-c1cc[c]cc1. The van der Waals surface area contributed by atoms with Gasteiger partial charge < -0.3 is 4.52 Å². The number of nitrogens with zero attached hydrogens (tertiary/aromatic N) is 1. The van der Waals surface area contributed by atoms with Crippen molar-refractivity contribution in [1.29, 1.82) is 0 Å². The molecule has 0 unspecified atom stereocenters. The third-order valence-electron chi connectivity index (χ3n) is 1.78. The molecule has 0 bridgehead atoms. The predicted octanol–water partition coefficient (Wildman–Crippen LogP) is 2.45. The molecule has 2 nitrogen and oxygen atoms in total. The Morgan fingerprint density at radius 1 is 1.33 bits per heavy atom. The summed E-state index contributed by atoms with van der Waals surface area (Å²) in [5, 5.41) is 3.81. The molecule has 0 saturated carbocycles. The zero-order chi connectivity index (χ0) is 8.39. The molecule has 0 aliphatic carbocycles. The Balaban J connectivity index is 2.51. The van der Waals surface area contributed by atoms with Gasteiger partial charge in [-0.3, -0.25) is 0 Å². The van der Waals surface area contributed by atoms with Crippen LogP contribution >= 0.6 is 0 Å². The van der Waals surface area contributed by atoms with Crippen LogP contribution in [-0.4, -0.2) is 5.16 Å². The average molecular weight is 158 g/mol. The molecule has 1 heterocycles. The second-order valence-electron chi connectivity index (χ2n) is 2.60. The molecule has 0 fully saturated rings. The lowest BCUT2D eigenvalue weighted by Gasteiger charge is -1.94. The van der Waals surface area contributed by atoms with E-state index in [1.165, 1.54) is 0 Å². The summed E-state index contributed by atoms with van der Waals surface area (Å²) in [6.07, 6.45) is 1.66. The number of hydrogen-bond acceptors (Lipinski definition) is 2. The quantitative estimate of drug-likeness (QED) is 0.637. The second-order valence-corrected chi connectivity index (χ2v) is 2.60. The van der Waals surface area contributed by atoms with Gasteiger partial charge in [0.15, 0.2) is 0 Å². The molecule has 1 aromatic heterocycles. The first-order valence-corrected chi connectivity index (χ1v) is 3.75. The van der Waals surface area contributed by atoms with Gasteiger partial charge in [-0.25, -0.2) is 0 Å². The highest BCUT2D eigenvalue weighted by atomic mass is 16.5. The molecule has 59 valence electrons. The van der Waals surface area contributed by atoms with E-state index >= 15 is 0 Å². The third kappa shape index (κ3) is 1.11. The van der Waals surface area contributed by atoms with Crippen LogP contribution in [0.1, 0.15) is 5.69 Å². The lowest BCUT2D eigenvalue weighted by Crippen LogP contribution is -1.76. The van der Waals surface area contributed by atoms with Crippen LogP contribution in [0.3, 0.4) is 0 Å². The van der Waals surface area contributed by atoms with E-state index in [0.29, 0.717) is 0 Å². The molecular formula is C10H8NO. The number of aromatic nitrogens is 1. The van der Waals surface area contributed by atoms with Crippen molar-refractivity contribution in [1.82, 2.24) is 5.16 Å². The summed E-state index contributed by atoms with van der Waals surface area (Å²) in [6, 6.07) is 10.7. The van der Waals surface area contributed by atoms with Crippen molar-refractivity contribution in [2.75, 3.05) is 0 Å². The monoisotopic (exact) mass is 158 g/mol. The smallest absolute Gasteiger partial charge is 0.131 e. The molecular weight excluding hydrogens is 150 g/mol. The largest absolute Gasteiger partial charge is 0.364 e. The Morgan fingerprint density at radius 2 is 2.08 bits per heavy atom. The molecule has 12 heavy (non-hydrogen) atoms. The van der Waals surface area contributed by atoms with Crippen LogP contribution in [0, 0.1) is 13.0 Å². The van der Waals surface area contributed by atoms with Gasteiger partial charge in [-0.05, 0) is 18.6 Å². The van der Waals surface area contributed by atoms with Crippen LogP contribution < -0.4 is 0 Å². The summed E-state index contributed by atoms with van der Waals surface area (Å²) in [5.74, 6) is 0. The minimum absolute atomic E-state index is 0.918. The van der Waals surface area contributed by atoms with Gasteiger partial charge in [0.1, 0.15) is 6.26 Å². The molecule has 0 aliphatic heterocycles. The van der Waals surface area contributed by atoms with E-state index in [4.69, 9.17) is 4.52 Å². The summed E-state index contributed by atoms with van der Waals surface area (Å²) in [7, 11) is 0. The van der Waals surface area contributed by atoms with E-state index in [9.17, 15) is 0 Å². The molecule has 0 saturated heterocycles. The molecule has 0 atom stereocenters. The predicted molar refractivity (Wildman–Crippen MR) is 45.5 cm³/mol. The molecule has 0 spiro atoms. The molecule has 0 aliphatic rings. The maximum absolute atomic E-state index is 4.84.